The summed E-state index contributed by atoms with van der Waals surface area (Å²) in [7, 11) is 0. The SMILES string of the molecule is CCC1COCCN1CC(CBr)C(C)C. The molecule has 1 aliphatic rings. The molecule has 1 rings (SSSR count). The molecule has 0 bridgehead atoms. The molecule has 1 heterocycles. The van der Waals surface area contributed by atoms with Crippen LogP contribution in [0.25, 0.3) is 0 Å². The molecule has 1 fully saturated rings. The van der Waals surface area contributed by atoms with Crippen molar-refractivity contribution in [2.24, 2.45) is 11.8 Å². The van der Waals surface area contributed by atoms with Gasteiger partial charge in [-0.05, 0) is 18.3 Å². The summed E-state index contributed by atoms with van der Waals surface area (Å²) in [5, 5.41) is 1.11. The molecule has 0 N–H and O–H groups in total. The first kappa shape index (κ1) is 13.5. The molecule has 1 aliphatic heterocycles. The van der Waals surface area contributed by atoms with E-state index in [1.807, 2.05) is 0 Å². The summed E-state index contributed by atoms with van der Waals surface area (Å²) in [5.74, 6) is 1.52. The van der Waals surface area contributed by atoms with Crippen LogP contribution in [0.2, 0.25) is 0 Å². The molecular formula is C12H24BrNO. The van der Waals surface area contributed by atoms with Crippen LogP contribution in [0.3, 0.4) is 0 Å². The lowest BCUT2D eigenvalue weighted by Crippen LogP contribution is -2.47. The van der Waals surface area contributed by atoms with Crippen molar-refractivity contribution in [2.45, 2.75) is 33.2 Å². The van der Waals surface area contributed by atoms with Crippen LogP contribution in [0.1, 0.15) is 27.2 Å². The molecule has 90 valence electrons. The van der Waals surface area contributed by atoms with Crippen LogP contribution in [-0.2, 0) is 4.74 Å². The van der Waals surface area contributed by atoms with E-state index in [4.69, 9.17) is 4.74 Å². The fourth-order valence-electron chi connectivity index (χ4n) is 2.04. The molecular weight excluding hydrogens is 254 g/mol. The maximum absolute atomic E-state index is 5.53. The molecule has 0 aromatic carbocycles. The molecule has 15 heavy (non-hydrogen) atoms. The van der Waals surface area contributed by atoms with Crippen LogP contribution in [0.4, 0.5) is 0 Å². The molecule has 0 amide bonds. The van der Waals surface area contributed by atoms with Gasteiger partial charge in [0.1, 0.15) is 0 Å². The van der Waals surface area contributed by atoms with Gasteiger partial charge in [-0.2, -0.15) is 0 Å². The highest BCUT2D eigenvalue weighted by Gasteiger charge is 2.24. The second kappa shape index (κ2) is 6.87. The van der Waals surface area contributed by atoms with Gasteiger partial charge in [0.15, 0.2) is 0 Å². The highest BCUT2D eigenvalue weighted by molar-refractivity contribution is 9.09. The normalized spacial score (nSPS) is 25.8. The van der Waals surface area contributed by atoms with Crippen molar-refractivity contribution < 1.29 is 4.74 Å². The number of alkyl halides is 1. The summed E-state index contributed by atoms with van der Waals surface area (Å²) in [5.41, 5.74) is 0. The number of nitrogens with zero attached hydrogens (tertiary/aromatic N) is 1. The molecule has 2 atom stereocenters. The molecule has 0 spiro atoms. The molecule has 1 saturated heterocycles. The van der Waals surface area contributed by atoms with Gasteiger partial charge >= 0.3 is 0 Å². The lowest BCUT2D eigenvalue weighted by atomic mass is 9.96. The largest absolute Gasteiger partial charge is 0.378 e. The molecule has 0 saturated carbocycles. The van der Waals surface area contributed by atoms with Crippen molar-refractivity contribution in [1.29, 1.82) is 0 Å². The average Bonchev–Trinajstić information content (AvgIpc) is 2.25. The number of halogens is 1. The van der Waals surface area contributed by atoms with E-state index in [0.717, 1.165) is 36.9 Å². The number of morpholine rings is 1. The summed E-state index contributed by atoms with van der Waals surface area (Å²) in [4.78, 5) is 2.61. The first-order valence-corrected chi connectivity index (χ1v) is 7.18. The van der Waals surface area contributed by atoms with E-state index >= 15 is 0 Å². The van der Waals surface area contributed by atoms with Crippen LogP contribution in [-0.4, -0.2) is 42.6 Å². The van der Waals surface area contributed by atoms with Crippen LogP contribution < -0.4 is 0 Å². The van der Waals surface area contributed by atoms with Crippen LogP contribution in [0.5, 0.6) is 0 Å². The van der Waals surface area contributed by atoms with Crippen molar-refractivity contribution in [1.82, 2.24) is 4.90 Å². The first-order valence-electron chi connectivity index (χ1n) is 6.06. The van der Waals surface area contributed by atoms with Gasteiger partial charge in [0.2, 0.25) is 0 Å². The average molecular weight is 278 g/mol. The van der Waals surface area contributed by atoms with Crippen LogP contribution in [0.15, 0.2) is 0 Å². The quantitative estimate of drug-likeness (QED) is 0.717. The maximum atomic E-state index is 5.53. The van der Waals surface area contributed by atoms with E-state index in [0.29, 0.717) is 6.04 Å². The molecule has 2 nitrogen and oxygen atoms in total. The predicted octanol–water partition coefficient (Wildman–Crippen LogP) is 2.76. The van der Waals surface area contributed by atoms with E-state index in [-0.39, 0.29) is 0 Å². The summed E-state index contributed by atoms with van der Waals surface area (Å²) in [6.45, 7) is 11.0. The van der Waals surface area contributed by atoms with Gasteiger partial charge in [-0.25, -0.2) is 0 Å². The van der Waals surface area contributed by atoms with E-state index < -0.39 is 0 Å². The molecule has 0 aromatic rings. The minimum Gasteiger partial charge on any atom is -0.378 e. The van der Waals surface area contributed by atoms with Gasteiger partial charge in [0.05, 0.1) is 13.2 Å². The van der Waals surface area contributed by atoms with Gasteiger partial charge in [0, 0.05) is 24.5 Å². The molecule has 0 radical (unpaired) electrons. The highest BCUT2D eigenvalue weighted by Crippen LogP contribution is 2.19. The van der Waals surface area contributed by atoms with Crippen molar-refractivity contribution in [3.63, 3.8) is 0 Å². The number of rotatable bonds is 5. The molecule has 2 unspecified atom stereocenters. The fourth-order valence-corrected chi connectivity index (χ4v) is 3.00. The Labute approximate surface area is 102 Å². The van der Waals surface area contributed by atoms with Crippen molar-refractivity contribution in [3.8, 4) is 0 Å². The Bertz CT molecular complexity index is 175. The zero-order chi connectivity index (χ0) is 11.3. The topological polar surface area (TPSA) is 12.5 Å². The standard InChI is InChI=1S/C12H24BrNO/c1-4-12-9-15-6-5-14(12)8-11(7-13)10(2)3/h10-12H,4-9H2,1-3H3. The molecule has 3 heteroatoms. The zero-order valence-electron chi connectivity index (χ0n) is 10.2. The Morgan fingerprint density at radius 2 is 2.20 bits per heavy atom. The smallest absolute Gasteiger partial charge is 0.0622 e. The lowest BCUT2D eigenvalue weighted by molar-refractivity contribution is -0.0166. The molecule has 0 aliphatic carbocycles. The summed E-state index contributed by atoms with van der Waals surface area (Å²) < 4.78 is 5.53. The summed E-state index contributed by atoms with van der Waals surface area (Å²) in [6, 6.07) is 0.638. The third kappa shape index (κ3) is 4.04. The third-order valence-corrected chi connectivity index (χ3v) is 4.26. The van der Waals surface area contributed by atoms with Crippen molar-refractivity contribution in [2.75, 3.05) is 31.6 Å². The summed E-state index contributed by atoms with van der Waals surface area (Å²) >= 11 is 3.63. The predicted molar refractivity (Wildman–Crippen MR) is 68.6 cm³/mol. The Morgan fingerprint density at radius 3 is 2.73 bits per heavy atom. The summed E-state index contributed by atoms with van der Waals surface area (Å²) in [6.07, 6.45) is 1.20. The van der Waals surface area contributed by atoms with Crippen LogP contribution in [0, 0.1) is 11.8 Å². The van der Waals surface area contributed by atoms with Gasteiger partial charge in [-0.1, -0.05) is 36.7 Å². The fraction of sp³-hybridized carbons (Fsp3) is 1.00. The van der Waals surface area contributed by atoms with Crippen LogP contribution >= 0.6 is 15.9 Å². The zero-order valence-corrected chi connectivity index (χ0v) is 11.8. The van der Waals surface area contributed by atoms with Gasteiger partial charge in [-0.15, -0.1) is 0 Å². The monoisotopic (exact) mass is 277 g/mol. The second-order valence-electron chi connectivity index (χ2n) is 4.79. The minimum absolute atomic E-state index is 0.638. The Balaban J connectivity index is 2.46. The number of ether oxygens (including phenoxy) is 1. The van der Waals surface area contributed by atoms with Gasteiger partial charge in [-0.3, -0.25) is 4.90 Å². The van der Waals surface area contributed by atoms with Gasteiger partial charge < -0.3 is 4.74 Å². The Morgan fingerprint density at radius 1 is 1.47 bits per heavy atom. The lowest BCUT2D eigenvalue weighted by Gasteiger charge is -2.37. The van der Waals surface area contributed by atoms with E-state index in [1.165, 1.54) is 13.0 Å². The van der Waals surface area contributed by atoms with Crippen molar-refractivity contribution >= 4 is 15.9 Å². The van der Waals surface area contributed by atoms with E-state index in [9.17, 15) is 0 Å². The second-order valence-corrected chi connectivity index (χ2v) is 5.44. The highest BCUT2D eigenvalue weighted by atomic mass is 79.9. The first-order chi connectivity index (χ1) is 7.19. The maximum Gasteiger partial charge on any atom is 0.0622 e. The third-order valence-electron chi connectivity index (χ3n) is 3.43. The minimum atomic E-state index is 0.638. The Hall–Kier alpha value is 0.400. The number of hydrogen-bond donors (Lipinski definition) is 0. The number of hydrogen-bond acceptors (Lipinski definition) is 2. The van der Waals surface area contributed by atoms with E-state index in [1.54, 1.807) is 0 Å². The Kier molecular flexibility index (Phi) is 6.17. The van der Waals surface area contributed by atoms with Gasteiger partial charge in [0.25, 0.3) is 0 Å². The molecule has 0 aromatic heterocycles. The van der Waals surface area contributed by atoms with E-state index in [2.05, 4.69) is 41.6 Å². The van der Waals surface area contributed by atoms with Crippen molar-refractivity contribution in [3.05, 3.63) is 0 Å².